The van der Waals surface area contributed by atoms with Gasteiger partial charge in [-0.2, -0.15) is 13.1 Å². The first-order valence-electron chi connectivity index (χ1n) is 9.17. The zero-order chi connectivity index (χ0) is 22.6. The molecule has 0 saturated carbocycles. The van der Waals surface area contributed by atoms with Gasteiger partial charge >= 0.3 is 0 Å². The molecule has 12 heteroatoms. The zero-order valence-electron chi connectivity index (χ0n) is 16.1. The van der Waals surface area contributed by atoms with E-state index in [-0.39, 0.29) is 35.5 Å². The van der Waals surface area contributed by atoms with Crippen molar-refractivity contribution in [1.82, 2.24) is 9.21 Å². The molecule has 6 nitrogen and oxygen atoms in total. The third-order valence-corrected chi connectivity index (χ3v) is 7.50. The molecule has 2 aromatic carbocycles. The average Bonchev–Trinajstić information content (AvgIpc) is 2.71. The summed E-state index contributed by atoms with van der Waals surface area (Å²) in [6.07, 6.45) is 0. The standard InChI is InChI=1S/C19H19ClF3N3O3S2/c20-16-11-15(5-6-17(16)21)31(28,29)26-9-7-25(8-10-26)12-18(27)24-13-1-3-14(4-2-13)30-19(22)23/h1-6,11,19H,7-10,12H2,(H,24,27). The van der Waals surface area contributed by atoms with Gasteiger partial charge in [-0.05, 0) is 42.5 Å². The highest BCUT2D eigenvalue weighted by Crippen LogP contribution is 2.26. The van der Waals surface area contributed by atoms with Crippen LogP contribution in [0.4, 0.5) is 18.9 Å². The Labute approximate surface area is 187 Å². The largest absolute Gasteiger partial charge is 0.325 e. The molecule has 2 aromatic rings. The van der Waals surface area contributed by atoms with Gasteiger partial charge < -0.3 is 5.32 Å². The van der Waals surface area contributed by atoms with Crippen LogP contribution in [0.5, 0.6) is 0 Å². The van der Waals surface area contributed by atoms with E-state index in [1.54, 1.807) is 17.0 Å². The van der Waals surface area contributed by atoms with Gasteiger partial charge in [0.1, 0.15) is 5.82 Å². The van der Waals surface area contributed by atoms with Gasteiger partial charge in [-0.1, -0.05) is 23.4 Å². The van der Waals surface area contributed by atoms with Crippen molar-refractivity contribution in [2.75, 3.05) is 38.0 Å². The van der Waals surface area contributed by atoms with Gasteiger partial charge in [0, 0.05) is 36.8 Å². The Morgan fingerprint density at radius 2 is 1.74 bits per heavy atom. The summed E-state index contributed by atoms with van der Waals surface area (Å²) in [5.41, 5.74) is 0.484. The Balaban J connectivity index is 1.51. The van der Waals surface area contributed by atoms with E-state index >= 15 is 0 Å². The number of thioether (sulfide) groups is 1. The smallest absolute Gasteiger partial charge is 0.288 e. The topological polar surface area (TPSA) is 69.7 Å². The first-order valence-corrected chi connectivity index (χ1v) is 11.9. The molecule has 1 N–H and O–H groups in total. The van der Waals surface area contributed by atoms with Crippen molar-refractivity contribution >= 4 is 45.0 Å². The molecule has 1 amide bonds. The second-order valence-electron chi connectivity index (χ2n) is 6.71. The lowest BCUT2D eigenvalue weighted by Gasteiger charge is -2.33. The number of amides is 1. The van der Waals surface area contributed by atoms with Gasteiger partial charge in [-0.15, -0.1) is 0 Å². The average molecular weight is 494 g/mol. The number of alkyl halides is 2. The molecule has 0 radical (unpaired) electrons. The third kappa shape index (κ3) is 6.36. The van der Waals surface area contributed by atoms with E-state index in [1.807, 2.05) is 0 Å². The van der Waals surface area contributed by atoms with Crippen LogP contribution in [0.2, 0.25) is 5.02 Å². The third-order valence-electron chi connectivity index (χ3n) is 4.59. The van der Waals surface area contributed by atoms with Gasteiger partial charge in [0.2, 0.25) is 15.9 Å². The van der Waals surface area contributed by atoms with Crippen molar-refractivity contribution in [3.05, 3.63) is 53.3 Å². The SMILES string of the molecule is O=C(CN1CCN(S(=O)(=O)c2ccc(F)c(Cl)c2)CC1)Nc1ccc(SC(F)F)cc1. The summed E-state index contributed by atoms with van der Waals surface area (Å²) in [6.45, 7) is 1.08. The molecule has 1 fully saturated rings. The van der Waals surface area contributed by atoms with Crippen LogP contribution in [-0.2, 0) is 14.8 Å². The Bertz CT molecular complexity index is 1030. The van der Waals surface area contributed by atoms with E-state index in [0.29, 0.717) is 35.4 Å². The number of rotatable bonds is 7. The molecule has 0 bridgehead atoms. The maximum absolute atomic E-state index is 13.3. The highest BCUT2D eigenvalue weighted by atomic mass is 35.5. The molecule has 1 heterocycles. The van der Waals surface area contributed by atoms with Crippen molar-refractivity contribution < 1.29 is 26.4 Å². The van der Waals surface area contributed by atoms with Crippen molar-refractivity contribution in [3.63, 3.8) is 0 Å². The van der Waals surface area contributed by atoms with Crippen LogP contribution in [0.15, 0.2) is 52.3 Å². The van der Waals surface area contributed by atoms with E-state index in [1.165, 1.54) is 22.5 Å². The molecule has 0 unspecified atom stereocenters. The number of benzene rings is 2. The molecule has 168 valence electrons. The van der Waals surface area contributed by atoms with E-state index in [4.69, 9.17) is 11.6 Å². The Morgan fingerprint density at radius 3 is 2.32 bits per heavy atom. The van der Waals surface area contributed by atoms with Crippen LogP contribution in [0.3, 0.4) is 0 Å². The van der Waals surface area contributed by atoms with E-state index in [9.17, 15) is 26.4 Å². The monoisotopic (exact) mass is 493 g/mol. The van der Waals surface area contributed by atoms with Crippen LogP contribution >= 0.6 is 23.4 Å². The molecular weight excluding hydrogens is 475 g/mol. The molecular formula is C19H19ClF3N3O3S2. The number of carbonyl (C=O) groups is 1. The summed E-state index contributed by atoms with van der Waals surface area (Å²) in [5, 5.41) is 2.42. The summed E-state index contributed by atoms with van der Waals surface area (Å²) in [7, 11) is -3.81. The van der Waals surface area contributed by atoms with Gasteiger partial charge in [0.25, 0.3) is 5.76 Å². The first kappa shape index (κ1) is 23.9. The van der Waals surface area contributed by atoms with Crippen molar-refractivity contribution in [1.29, 1.82) is 0 Å². The quantitative estimate of drug-likeness (QED) is 0.595. The molecule has 0 aliphatic carbocycles. The van der Waals surface area contributed by atoms with Gasteiger partial charge in [-0.3, -0.25) is 9.69 Å². The first-order chi connectivity index (χ1) is 14.6. The van der Waals surface area contributed by atoms with E-state index in [2.05, 4.69) is 5.32 Å². The van der Waals surface area contributed by atoms with Crippen LogP contribution in [0.25, 0.3) is 0 Å². The number of carbonyl (C=O) groups excluding carboxylic acids is 1. The second-order valence-corrected chi connectivity index (χ2v) is 10.1. The highest BCUT2D eigenvalue weighted by Gasteiger charge is 2.29. The Kier molecular flexibility index (Phi) is 7.87. The molecule has 1 aliphatic heterocycles. The zero-order valence-corrected chi connectivity index (χ0v) is 18.5. The Hall–Kier alpha value is -1.79. The molecule has 1 aliphatic rings. The number of nitrogens with zero attached hydrogens (tertiary/aromatic N) is 2. The molecule has 3 rings (SSSR count). The number of sulfonamides is 1. The molecule has 0 aromatic heterocycles. The van der Waals surface area contributed by atoms with Gasteiger partial charge in [0.15, 0.2) is 0 Å². The predicted octanol–water partition coefficient (Wildman–Crippen LogP) is 3.74. The number of hydrogen-bond acceptors (Lipinski definition) is 5. The van der Waals surface area contributed by atoms with Crippen LogP contribution in [0.1, 0.15) is 0 Å². The van der Waals surface area contributed by atoms with Crippen molar-refractivity contribution in [2.24, 2.45) is 0 Å². The summed E-state index contributed by atoms with van der Waals surface area (Å²) < 4.78 is 64.7. The predicted molar refractivity (Wildman–Crippen MR) is 114 cm³/mol. The van der Waals surface area contributed by atoms with E-state index < -0.39 is 21.6 Å². The van der Waals surface area contributed by atoms with Crippen molar-refractivity contribution in [3.8, 4) is 0 Å². The van der Waals surface area contributed by atoms with E-state index in [0.717, 1.165) is 12.1 Å². The minimum atomic E-state index is -3.81. The summed E-state index contributed by atoms with van der Waals surface area (Å²) in [6, 6.07) is 9.34. The van der Waals surface area contributed by atoms with Gasteiger partial charge in [-0.25, -0.2) is 12.8 Å². The minimum Gasteiger partial charge on any atom is -0.325 e. The lowest BCUT2D eigenvalue weighted by Crippen LogP contribution is -2.50. The summed E-state index contributed by atoms with van der Waals surface area (Å²) >= 11 is 6.11. The molecule has 31 heavy (non-hydrogen) atoms. The summed E-state index contributed by atoms with van der Waals surface area (Å²) in [5.74, 6) is -3.50. The lowest BCUT2D eigenvalue weighted by molar-refractivity contribution is -0.117. The fourth-order valence-electron chi connectivity index (χ4n) is 3.04. The number of halogens is 4. The highest BCUT2D eigenvalue weighted by molar-refractivity contribution is 7.99. The van der Waals surface area contributed by atoms with Crippen LogP contribution in [-0.4, -0.2) is 62.0 Å². The Morgan fingerprint density at radius 1 is 1.10 bits per heavy atom. The normalized spacial score (nSPS) is 15.9. The lowest BCUT2D eigenvalue weighted by atomic mass is 10.3. The molecule has 1 saturated heterocycles. The fraction of sp³-hybridized carbons (Fsp3) is 0.316. The molecule has 0 spiro atoms. The van der Waals surface area contributed by atoms with Crippen LogP contribution < -0.4 is 5.32 Å². The summed E-state index contributed by atoms with van der Waals surface area (Å²) in [4.78, 5) is 14.4. The minimum absolute atomic E-state index is 0.0593. The van der Waals surface area contributed by atoms with Crippen molar-refractivity contribution in [2.45, 2.75) is 15.5 Å². The van der Waals surface area contributed by atoms with Crippen LogP contribution in [0, 0.1) is 5.82 Å². The molecule has 0 atom stereocenters. The fourth-order valence-corrected chi connectivity index (χ4v) is 5.23. The number of piperazine rings is 1. The number of nitrogens with one attached hydrogen (secondary N) is 1. The maximum atomic E-state index is 13.3. The second kappa shape index (κ2) is 10.2. The number of hydrogen-bond donors (Lipinski definition) is 1. The maximum Gasteiger partial charge on any atom is 0.288 e. The number of anilines is 1. The van der Waals surface area contributed by atoms with Gasteiger partial charge in [0.05, 0.1) is 16.5 Å².